The summed E-state index contributed by atoms with van der Waals surface area (Å²) >= 11 is 0. The van der Waals surface area contributed by atoms with Crippen LogP contribution in [-0.4, -0.2) is 30.1 Å². The molecule has 0 radical (unpaired) electrons. The summed E-state index contributed by atoms with van der Waals surface area (Å²) in [6.07, 6.45) is 2.59. The quantitative estimate of drug-likeness (QED) is 0.843. The van der Waals surface area contributed by atoms with E-state index in [0.717, 1.165) is 19.6 Å². The molecule has 0 unspecified atom stereocenters. The average Bonchev–Trinajstić information content (AvgIpc) is 2.27. The minimum absolute atomic E-state index is 0.231. The third kappa shape index (κ3) is 4.14. The van der Waals surface area contributed by atoms with Gasteiger partial charge in [0.2, 0.25) is 0 Å². The van der Waals surface area contributed by atoms with E-state index in [1.54, 1.807) is 0 Å². The normalized spacial score (nSPS) is 21.8. The Kier molecular flexibility index (Phi) is 4.19. The van der Waals surface area contributed by atoms with E-state index in [-0.39, 0.29) is 5.54 Å². The molecule has 0 aromatic heterocycles. The maximum absolute atomic E-state index is 3.63. The second kappa shape index (κ2) is 5.65. The molecule has 0 aliphatic carbocycles. The molecule has 1 N–H and O–H groups in total. The first-order chi connectivity index (χ1) is 8.16. The number of hydrogen-bond acceptors (Lipinski definition) is 2. The summed E-state index contributed by atoms with van der Waals surface area (Å²) in [6.45, 7) is 9.19. The molecule has 0 spiro atoms. The van der Waals surface area contributed by atoms with Gasteiger partial charge in [0.1, 0.15) is 0 Å². The number of hydrogen-bond donors (Lipinski definition) is 1. The van der Waals surface area contributed by atoms with Crippen molar-refractivity contribution in [3.05, 3.63) is 35.9 Å². The average molecular weight is 232 g/mol. The molecule has 1 aliphatic heterocycles. The minimum atomic E-state index is 0.231. The van der Waals surface area contributed by atoms with Crippen LogP contribution in [0.25, 0.3) is 0 Å². The Morgan fingerprint density at radius 2 is 1.94 bits per heavy atom. The molecule has 94 valence electrons. The van der Waals surface area contributed by atoms with Gasteiger partial charge in [-0.3, -0.25) is 4.90 Å². The third-order valence-corrected chi connectivity index (χ3v) is 3.37. The SMILES string of the molecule is CC1(C)CN(Cc2ccccc2)CCCCN1. The van der Waals surface area contributed by atoms with Crippen molar-refractivity contribution < 1.29 is 0 Å². The van der Waals surface area contributed by atoms with Gasteiger partial charge in [0.05, 0.1) is 0 Å². The molecule has 1 aromatic carbocycles. The highest BCUT2D eigenvalue weighted by molar-refractivity contribution is 5.14. The zero-order valence-corrected chi connectivity index (χ0v) is 11.1. The molecular weight excluding hydrogens is 208 g/mol. The summed E-state index contributed by atoms with van der Waals surface area (Å²) in [7, 11) is 0. The van der Waals surface area contributed by atoms with E-state index in [4.69, 9.17) is 0 Å². The van der Waals surface area contributed by atoms with Crippen molar-refractivity contribution in [1.82, 2.24) is 10.2 Å². The summed E-state index contributed by atoms with van der Waals surface area (Å²) < 4.78 is 0. The van der Waals surface area contributed by atoms with Crippen LogP contribution in [0.15, 0.2) is 30.3 Å². The first-order valence-electron chi connectivity index (χ1n) is 6.67. The van der Waals surface area contributed by atoms with Gasteiger partial charge in [-0.25, -0.2) is 0 Å². The van der Waals surface area contributed by atoms with Gasteiger partial charge in [0, 0.05) is 18.6 Å². The molecule has 1 heterocycles. The number of benzene rings is 1. The molecule has 1 aromatic rings. The Labute approximate surface area is 105 Å². The summed E-state index contributed by atoms with van der Waals surface area (Å²) in [5.41, 5.74) is 1.65. The first kappa shape index (κ1) is 12.6. The van der Waals surface area contributed by atoms with Crippen LogP contribution >= 0.6 is 0 Å². The highest BCUT2D eigenvalue weighted by Gasteiger charge is 2.22. The lowest BCUT2D eigenvalue weighted by Crippen LogP contribution is -2.51. The summed E-state index contributed by atoms with van der Waals surface area (Å²) in [5.74, 6) is 0. The highest BCUT2D eigenvalue weighted by Crippen LogP contribution is 2.13. The van der Waals surface area contributed by atoms with Gasteiger partial charge in [-0.2, -0.15) is 0 Å². The smallest absolute Gasteiger partial charge is 0.0252 e. The van der Waals surface area contributed by atoms with E-state index >= 15 is 0 Å². The standard InChI is InChI=1S/C15H24N2/c1-15(2)13-17(11-7-6-10-16-15)12-14-8-4-3-5-9-14/h3-5,8-9,16H,6-7,10-13H2,1-2H3. The van der Waals surface area contributed by atoms with Crippen LogP contribution in [0, 0.1) is 0 Å². The Morgan fingerprint density at radius 1 is 1.18 bits per heavy atom. The van der Waals surface area contributed by atoms with E-state index in [1.165, 1.54) is 24.9 Å². The van der Waals surface area contributed by atoms with E-state index in [1.807, 2.05) is 0 Å². The van der Waals surface area contributed by atoms with Crippen molar-refractivity contribution in [3.8, 4) is 0 Å². The Bertz CT molecular complexity index is 332. The fourth-order valence-corrected chi connectivity index (χ4v) is 2.56. The van der Waals surface area contributed by atoms with Crippen molar-refractivity contribution in [2.45, 2.75) is 38.8 Å². The Balaban J connectivity index is 1.98. The van der Waals surface area contributed by atoms with Crippen LogP contribution in [0.4, 0.5) is 0 Å². The number of nitrogens with zero attached hydrogens (tertiary/aromatic N) is 1. The zero-order chi connectivity index (χ0) is 12.1. The van der Waals surface area contributed by atoms with Crippen molar-refractivity contribution >= 4 is 0 Å². The van der Waals surface area contributed by atoms with Gasteiger partial charge in [-0.1, -0.05) is 30.3 Å². The monoisotopic (exact) mass is 232 g/mol. The second-order valence-corrected chi connectivity index (χ2v) is 5.71. The van der Waals surface area contributed by atoms with E-state index in [0.29, 0.717) is 0 Å². The summed E-state index contributed by atoms with van der Waals surface area (Å²) in [4.78, 5) is 2.57. The van der Waals surface area contributed by atoms with Crippen LogP contribution in [0.1, 0.15) is 32.3 Å². The van der Waals surface area contributed by atoms with Crippen LogP contribution in [-0.2, 0) is 6.54 Å². The zero-order valence-electron chi connectivity index (χ0n) is 11.1. The summed E-state index contributed by atoms with van der Waals surface area (Å²) in [5, 5.41) is 3.63. The molecule has 17 heavy (non-hydrogen) atoms. The highest BCUT2D eigenvalue weighted by atomic mass is 15.2. The molecule has 0 saturated carbocycles. The predicted molar refractivity (Wildman–Crippen MR) is 73.0 cm³/mol. The fourth-order valence-electron chi connectivity index (χ4n) is 2.56. The summed E-state index contributed by atoms with van der Waals surface area (Å²) in [6, 6.07) is 10.8. The molecule has 2 heteroatoms. The van der Waals surface area contributed by atoms with Crippen molar-refractivity contribution in [2.75, 3.05) is 19.6 Å². The first-order valence-corrected chi connectivity index (χ1v) is 6.67. The molecular formula is C15H24N2. The maximum Gasteiger partial charge on any atom is 0.0252 e. The van der Waals surface area contributed by atoms with Crippen molar-refractivity contribution in [2.24, 2.45) is 0 Å². The Morgan fingerprint density at radius 3 is 2.71 bits per heavy atom. The molecule has 1 saturated heterocycles. The van der Waals surface area contributed by atoms with Crippen molar-refractivity contribution in [1.29, 1.82) is 0 Å². The predicted octanol–water partition coefficient (Wildman–Crippen LogP) is 2.65. The molecule has 2 rings (SSSR count). The minimum Gasteiger partial charge on any atom is -0.311 e. The molecule has 1 fully saturated rings. The van der Waals surface area contributed by atoms with Crippen LogP contribution in [0.5, 0.6) is 0 Å². The van der Waals surface area contributed by atoms with Gasteiger partial charge >= 0.3 is 0 Å². The molecule has 0 bridgehead atoms. The second-order valence-electron chi connectivity index (χ2n) is 5.71. The van der Waals surface area contributed by atoms with Crippen LogP contribution in [0.2, 0.25) is 0 Å². The van der Waals surface area contributed by atoms with Gasteiger partial charge in [-0.05, 0) is 45.3 Å². The number of rotatable bonds is 2. The van der Waals surface area contributed by atoms with Crippen LogP contribution < -0.4 is 5.32 Å². The lowest BCUT2D eigenvalue weighted by Gasteiger charge is -2.36. The fraction of sp³-hybridized carbons (Fsp3) is 0.600. The third-order valence-electron chi connectivity index (χ3n) is 3.37. The lowest BCUT2D eigenvalue weighted by molar-refractivity contribution is 0.174. The van der Waals surface area contributed by atoms with Gasteiger partial charge < -0.3 is 5.32 Å². The topological polar surface area (TPSA) is 15.3 Å². The maximum atomic E-state index is 3.63. The Hall–Kier alpha value is -0.860. The van der Waals surface area contributed by atoms with Gasteiger partial charge in [0.15, 0.2) is 0 Å². The van der Waals surface area contributed by atoms with E-state index in [2.05, 4.69) is 54.4 Å². The van der Waals surface area contributed by atoms with Crippen LogP contribution in [0.3, 0.4) is 0 Å². The van der Waals surface area contributed by atoms with E-state index in [9.17, 15) is 0 Å². The van der Waals surface area contributed by atoms with Gasteiger partial charge in [0.25, 0.3) is 0 Å². The molecule has 2 nitrogen and oxygen atoms in total. The van der Waals surface area contributed by atoms with E-state index < -0.39 is 0 Å². The number of nitrogens with one attached hydrogen (secondary N) is 1. The molecule has 1 aliphatic rings. The largest absolute Gasteiger partial charge is 0.311 e. The molecule has 0 amide bonds. The molecule has 0 atom stereocenters. The van der Waals surface area contributed by atoms with Gasteiger partial charge in [-0.15, -0.1) is 0 Å². The van der Waals surface area contributed by atoms with Crippen molar-refractivity contribution in [3.63, 3.8) is 0 Å². The lowest BCUT2D eigenvalue weighted by atomic mass is 10.0.